The van der Waals surface area contributed by atoms with E-state index in [-0.39, 0.29) is 12.1 Å². The zero-order chi connectivity index (χ0) is 16.1. The van der Waals surface area contributed by atoms with Crippen molar-refractivity contribution in [3.8, 4) is 0 Å². The van der Waals surface area contributed by atoms with E-state index in [1.165, 1.54) is 5.56 Å². The molecule has 2 N–H and O–H groups in total. The third-order valence-corrected chi connectivity index (χ3v) is 4.20. The summed E-state index contributed by atoms with van der Waals surface area (Å²) in [6, 6.07) is 17.5. The molecule has 0 amide bonds. The van der Waals surface area contributed by atoms with Gasteiger partial charge >= 0.3 is 5.97 Å². The van der Waals surface area contributed by atoms with Gasteiger partial charge in [-0.2, -0.15) is 0 Å². The van der Waals surface area contributed by atoms with Crippen LogP contribution in [0.1, 0.15) is 40.4 Å². The molecule has 2 atom stereocenters. The van der Waals surface area contributed by atoms with Crippen molar-refractivity contribution in [1.82, 2.24) is 5.32 Å². The SMILES string of the molecule is O=C(O)c1cccc(COC2CCCNC2c2ccccc2)c1. The summed E-state index contributed by atoms with van der Waals surface area (Å²) in [6.45, 7) is 1.42. The minimum Gasteiger partial charge on any atom is -0.478 e. The summed E-state index contributed by atoms with van der Waals surface area (Å²) in [5.41, 5.74) is 2.42. The molecule has 120 valence electrons. The van der Waals surface area contributed by atoms with Crippen molar-refractivity contribution >= 4 is 5.97 Å². The van der Waals surface area contributed by atoms with E-state index in [4.69, 9.17) is 9.84 Å². The lowest BCUT2D eigenvalue weighted by Crippen LogP contribution is -2.39. The Morgan fingerprint density at radius 2 is 2.00 bits per heavy atom. The Morgan fingerprint density at radius 1 is 1.17 bits per heavy atom. The molecule has 0 saturated carbocycles. The second-order valence-electron chi connectivity index (χ2n) is 5.84. The van der Waals surface area contributed by atoms with Crippen LogP contribution >= 0.6 is 0 Å². The average Bonchev–Trinajstić information content (AvgIpc) is 2.61. The molecule has 23 heavy (non-hydrogen) atoms. The molecule has 1 heterocycles. The zero-order valence-electron chi connectivity index (χ0n) is 12.9. The second-order valence-corrected chi connectivity index (χ2v) is 5.84. The van der Waals surface area contributed by atoms with E-state index in [1.807, 2.05) is 24.3 Å². The average molecular weight is 311 g/mol. The minimum absolute atomic E-state index is 0.0969. The predicted molar refractivity (Wildman–Crippen MR) is 88.4 cm³/mol. The summed E-state index contributed by atoms with van der Waals surface area (Å²) >= 11 is 0. The first kappa shape index (κ1) is 15.7. The van der Waals surface area contributed by atoms with Gasteiger partial charge in [0.15, 0.2) is 0 Å². The predicted octanol–water partition coefficient (Wildman–Crippen LogP) is 3.39. The van der Waals surface area contributed by atoms with Crippen molar-refractivity contribution < 1.29 is 14.6 Å². The fourth-order valence-corrected chi connectivity index (χ4v) is 3.03. The molecule has 1 aliphatic heterocycles. The van der Waals surface area contributed by atoms with E-state index < -0.39 is 5.97 Å². The Morgan fingerprint density at radius 3 is 2.78 bits per heavy atom. The molecule has 0 bridgehead atoms. The lowest BCUT2D eigenvalue weighted by Gasteiger charge is -2.33. The maximum absolute atomic E-state index is 11.0. The van der Waals surface area contributed by atoms with Gasteiger partial charge in [-0.3, -0.25) is 0 Å². The van der Waals surface area contributed by atoms with Crippen molar-refractivity contribution in [1.29, 1.82) is 0 Å². The largest absolute Gasteiger partial charge is 0.478 e. The van der Waals surface area contributed by atoms with E-state index in [0.29, 0.717) is 12.2 Å². The highest BCUT2D eigenvalue weighted by Crippen LogP contribution is 2.26. The monoisotopic (exact) mass is 311 g/mol. The molecular formula is C19H21NO3. The molecule has 1 saturated heterocycles. The lowest BCUT2D eigenvalue weighted by atomic mass is 9.94. The topological polar surface area (TPSA) is 58.6 Å². The van der Waals surface area contributed by atoms with E-state index in [1.54, 1.807) is 18.2 Å². The maximum atomic E-state index is 11.0. The van der Waals surface area contributed by atoms with E-state index in [9.17, 15) is 4.79 Å². The van der Waals surface area contributed by atoms with E-state index >= 15 is 0 Å². The Bertz CT molecular complexity index is 657. The van der Waals surface area contributed by atoms with Crippen molar-refractivity contribution in [2.75, 3.05) is 6.54 Å². The maximum Gasteiger partial charge on any atom is 0.335 e. The molecule has 2 aromatic carbocycles. The standard InChI is InChI=1S/C19H21NO3/c21-19(22)16-9-4-6-14(12-16)13-23-17-10-5-11-20-18(17)15-7-2-1-3-8-15/h1-4,6-9,12,17-18,20H,5,10-11,13H2,(H,21,22). The number of aromatic carboxylic acids is 1. The van der Waals surface area contributed by atoms with Crippen LogP contribution in [0.3, 0.4) is 0 Å². The van der Waals surface area contributed by atoms with Crippen LogP contribution in [-0.2, 0) is 11.3 Å². The first-order chi connectivity index (χ1) is 11.2. The van der Waals surface area contributed by atoms with Crippen molar-refractivity contribution in [3.05, 3.63) is 71.3 Å². The van der Waals surface area contributed by atoms with Crippen molar-refractivity contribution in [3.63, 3.8) is 0 Å². The van der Waals surface area contributed by atoms with Gasteiger partial charge in [-0.15, -0.1) is 0 Å². The molecule has 0 spiro atoms. The summed E-state index contributed by atoms with van der Waals surface area (Å²) in [6.07, 6.45) is 2.19. The number of nitrogens with one attached hydrogen (secondary N) is 1. The molecule has 2 aromatic rings. The van der Waals surface area contributed by atoms with Gasteiger partial charge in [0.25, 0.3) is 0 Å². The van der Waals surface area contributed by atoms with Gasteiger partial charge in [0.1, 0.15) is 0 Å². The molecular weight excluding hydrogens is 290 g/mol. The van der Waals surface area contributed by atoms with Crippen LogP contribution in [0.5, 0.6) is 0 Å². The van der Waals surface area contributed by atoms with Gasteiger partial charge in [-0.25, -0.2) is 4.79 Å². The smallest absolute Gasteiger partial charge is 0.335 e. The third-order valence-electron chi connectivity index (χ3n) is 4.20. The number of hydrogen-bond acceptors (Lipinski definition) is 3. The van der Waals surface area contributed by atoms with Crippen LogP contribution in [0.2, 0.25) is 0 Å². The number of rotatable bonds is 5. The highest BCUT2D eigenvalue weighted by Gasteiger charge is 2.26. The second kappa shape index (κ2) is 7.40. The fourth-order valence-electron chi connectivity index (χ4n) is 3.03. The number of carboxylic acid groups (broad SMARTS) is 1. The summed E-state index contributed by atoms with van der Waals surface area (Å²) in [5.74, 6) is -0.909. The van der Waals surface area contributed by atoms with Crippen LogP contribution in [0, 0.1) is 0 Å². The molecule has 1 aliphatic rings. The van der Waals surface area contributed by atoms with Crippen LogP contribution in [-0.4, -0.2) is 23.7 Å². The molecule has 0 aliphatic carbocycles. The van der Waals surface area contributed by atoms with Crippen molar-refractivity contribution in [2.24, 2.45) is 0 Å². The van der Waals surface area contributed by atoms with Gasteiger partial charge in [0.05, 0.1) is 24.3 Å². The van der Waals surface area contributed by atoms with E-state index in [0.717, 1.165) is 24.9 Å². The van der Waals surface area contributed by atoms with Gasteiger partial charge in [0, 0.05) is 0 Å². The molecule has 4 heteroatoms. The first-order valence-electron chi connectivity index (χ1n) is 7.96. The van der Waals surface area contributed by atoms with Crippen molar-refractivity contribution in [2.45, 2.75) is 31.6 Å². The van der Waals surface area contributed by atoms with Gasteiger partial charge in [0.2, 0.25) is 0 Å². The third kappa shape index (κ3) is 3.97. The lowest BCUT2D eigenvalue weighted by molar-refractivity contribution is -0.00359. The summed E-state index contributed by atoms with van der Waals surface area (Å²) in [5, 5.41) is 12.6. The minimum atomic E-state index is -0.909. The fraction of sp³-hybridized carbons (Fsp3) is 0.316. The molecule has 3 rings (SSSR count). The van der Waals surface area contributed by atoms with Crippen LogP contribution in [0.25, 0.3) is 0 Å². The summed E-state index contributed by atoms with van der Waals surface area (Å²) in [7, 11) is 0. The normalized spacial score (nSPS) is 21.0. The van der Waals surface area contributed by atoms with Gasteiger partial charge < -0.3 is 15.2 Å². The number of hydrogen-bond donors (Lipinski definition) is 2. The Kier molecular flexibility index (Phi) is 5.05. The molecule has 0 aromatic heterocycles. The zero-order valence-corrected chi connectivity index (χ0v) is 12.9. The molecule has 0 radical (unpaired) electrons. The highest BCUT2D eigenvalue weighted by atomic mass is 16.5. The molecule has 4 nitrogen and oxygen atoms in total. The van der Waals surface area contributed by atoms with E-state index in [2.05, 4.69) is 17.4 Å². The Labute approximate surface area is 136 Å². The van der Waals surface area contributed by atoms with Crippen LogP contribution < -0.4 is 5.32 Å². The molecule has 1 fully saturated rings. The highest BCUT2D eigenvalue weighted by molar-refractivity contribution is 5.87. The quantitative estimate of drug-likeness (QED) is 0.888. The summed E-state index contributed by atoms with van der Waals surface area (Å²) in [4.78, 5) is 11.0. The number of piperidine rings is 1. The number of benzene rings is 2. The number of ether oxygens (including phenoxy) is 1. The van der Waals surface area contributed by atoms with Gasteiger partial charge in [-0.05, 0) is 42.6 Å². The number of carbonyl (C=O) groups is 1. The summed E-state index contributed by atoms with van der Waals surface area (Å²) < 4.78 is 6.12. The van der Waals surface area contributed by atoms with Gasteiger partial charge in [-0.1, -0.05) is 42.5 Å². The van der Waals surface area contributed by atoms with Crippen LogP contribution in [0.4, 0.5) is 0 Å². The Hall–Kier alpha value is -2.17. The Balaban J connectivity index is 1.68. The first-order valence-corrected chi connectivity index (χ1v) is 7.96. The molecule has 2 unspecified atom stereocenters. The number of carboxylic acids is 1. The van der Waals surface area contributed by atoms with Crippen LogP contribution in [0.15, 0.2) is 54.6 Å².